The van der Waals surface area contributed by atoms with Gasteiger partial charge < -0.3 is 15.0 Å². The highest BCUT2D eigenvalue weighted by Gasteiger charge is 2.35. The first-order valence-corrected chi connectivity index (χ1v) is 7.84. The van der Waals surface area contributed by atoms with E-state index in [4.69, 9.17) is 16.3 Å². The van der Waals surface area contributed by atoms with Gasteiger partial charge in [-0.3, -0.25) is 9.78 Å². The quantitative estimate of drug-likeness (QED) is 0.856. The molecule has 1 aromatic carbocycles. The number of rotatable bonds is 5. The summed E-state index contributed by atoms with van der Waals surface area (Å²) in [5, 5.41) is 3.53. The molecule has 1 unspecified atom stereocenters. The summed E-state index contributed by atoms with van der Waals surface area (Å²) in [6, 6.07) is 11.1. The molecule has 0 spiro atoms. The number of nitrogens with one attached hydrogen (secondary N) is 1. The van der Waals surface area contributed by atoms with E-state index in [9.17, 15) is 4.79 Å². The number of nitrogens with zero attached hydrogens (tertiary/aromatic N) is 2. The fourth-order valence-corrected chi connectivity index (χ4v) is 2.69. The maximum Gasteiger partial charge on any atom is 0.219 e. The molecule has 5 nitrogen and oxygen atoms in total. The van der Waals surface area contributed by atoms with Gasteiger partial charge in [0.15, 0.2) is 6.23 Å². The molecule has 6 heteroatoms. The molecule has 1 fully saturated rings. The summed E-state index contributed by atoms with van der Waals surface area (Å²) in [4.78, 5) is 17.8. The van der Waals surface area contributed by atoms with E-state index >= 15 is 0 Å². The Labute approximate surface area is 140 Å². The number of halogens is 1. The molecule has 1 N–H and O–H groups in total. The highest BCUT2D eigenvalue weighted by atomic mass is 35.5. The molecule has 1 amide bonds. The first-order valence-electron chi connectivity index (χ1n) is 7.46. The Morgan fingerprint density at radius 3 is 2.70 bits per heavy atom. The first-order chi connectivity index (χ1) is 11.1. The Kier molecular flexibility index (Phi) is 4.67. The van der Waals surface area contributed by atoms with Gasteiger partial charge >= 0.3 is 0 Å². The van der Waals surface area contributed by atoms with E-state index in [-0.39, 0.29) is 18.1 Å². The van der Waals surface area contributed by atoms with Gasteiger partial charge in [0.05, 0.1) is 17.8 Å². The lowest BCUT2D eigenvalue weighted by molar-refractivity contribution is -0.122. The van der Waals surface area contributed by atoms with E-state index in [1.807, 2.05) is 18.3 Å². The Balaban J connectivity index is 1.64. The van der Waals surface area contributed by atoms with Gasteiger partial charge in [0.2, 0.25) is 5.91 Å². The maximum absolute atomic E-state index is 11.5. The third kappa shape index (κ3) is 3.93. The highest BCUT2D eigenvalue weighted by Crippen LogP contribution is 2.27. The number of hydrogen-bond donors (Lipinski definition) is 1. The van der Waals surface area contributed by atoms with Crippen molar-refractivity contribution in [3.8, 4) is 5.75 Å². The molecule has 0 radical (unpaired) electrons. The molecular weight excluding hydrogens is 314 g/mol. The zero-order valence-electron chi connectivity index (χ0n) is 12.8. The average Bonchev–Trinajstić information content (AvgIpc) is 2.48. The monoisotopic (exact) mass is 331 g/mol. The zero-order valence-corrected chi connectivity index (χ0v) is 13.5. The van der Waals surface area contributed by atoms with Crippen molar-refractivity contribution in [1.29, 1.82) is 0 Å². The number of ether oxygens (including phenoxy) is 1. The molecule has 0 saturated carbocycles. The van der Waals surface area contributed by atoms with Crippen LogP contribution in [0.15, 0.2) is 48.8 Å². The predicted octanol–water partition coefficient (Wildman–Crippen LogP) is 2.71. The van der Waals surface area contributed by atoms with Crippen molar-refractivity contribution in [1.82, 2.24) is 10.3 Å². The first kappa shape index (κ1) is 15.6. The molecule has 1 aliphatic rings. The summed E-state index contributed by atoms with van der Waals surface area (Å²) in [6.45, 7) is 3.12. The maximum atomic E-state index is 11.5. The lowest BCUT2D eigenvalue weighted by Crippen LogP contribution is -2.58. The van der Waals surface area contributed by atoms with Crippen LogP contribution in [0.1, 0.15) is 6.92 Å². The SMILES string of the molecule is CC(=O)NC(Oc1ccc(Cl)cc1)C1CN(c2cccnc2)C1. The minimum atomic E-state index is -0.360. The van der Waals surface area contributed by atoms with Gasteiger partial charge in [-0.15, -0.1) is 0 Å². The third-order valence-electron chi connectivity index (χ3n) is 3.77. The van der Waals surface area contributed by atoms with Gasteiger partial charge in [0.1, 0.15) is 5.75 Å². The minimum absolute atomic E-state index is 0.108. The van der Waals surface area contributed by atoms with Crippen molar-refractivity contribution in [3.05, 3.63) is 53.8 Å². The Morgan fingerprint density at radius 1 is 1.35 bits per heavy atom. The number of aromatic nitrogens is 1. The molecule has 1 aromatic heterocycles. The molecule has 1 atom stereocenters. The van der Waals surface area contributed by atoms with Crippen LogP contribution in [-0.2, 0) is 4.79 Å². The smallest absolute Gasteiger partial charge is 0.219 e. The molecule has 0 bridgehead atoms. The van der Waals surface area contributed by atoms with Crippen LogP contribution in [0.5, 0.6) is 5.75 Å². The Bertz CT molecular complexity index is 657. The van der Waals surface area contributed by atoms with Crippen LogP contribution in [0.4, 0.5) is 5.69 Å². The van der Waals surface area contributed by atoms with Crippen LogP contribution in [0, 0.1) is 5.92 Å². The average molecular weight is 332 g/mol. The summed E-state index contributed by atoms with van der Waals surface area (Å²) in [5.74, 6) is 0.798. The fourth-order valence-electron chi connectivity index (χ4n) is 2.56. The molecular formula is C17H18ClN3O2. The predicted molar refractivity (Wildman–Crippen MR) is 89.6 cm³/mol. The van der Waals surface area contributed by atoms with Crippen LogP contribution in [0.2, 0.25) is 5.02 Å². The molecule has 1 saturated heterocycles. The van der Waals surface area contributed by atoms with Crippen LogP contribution < -0.4 is 15.0 Å². The number of amides is 1. The van der Waals surface area contributed by atoms with E-state index in [0.29, 0.717) is 10.8 Å². The molecule has 120 valence electrons. The summed E-state index contributed by atoms with van der Waals surface area (Å²) < 4.78 is 5.94. The van der Waals surface area contributed by atoms with Gasteiger partial charge in [-0.25, -0.2) is 0 Å². The summed E-state index contributed by atoms with van der Waals surface area (Å²) >= 11 is 5.88. The number of carbonyl (C=O) groups is 1. The van der Waals surface area contributed by atoms with Crippen LogP contribution in [-0.4, -0.2) is 30.2 Å². The van der Waals surface area contributed by atoms with Gasteiger partial charge in [0.25, 0.3) is 0 Å². The van der Waals surface area contributed by atoms with Crippen molar-refractivity contribution >= 4 is 23.2 Å². The van der Waals surface area contributed by atoms with E-state index in [0.717, 1.165) is 18.8 Å². The number of hydrogen-bond acceptors (Lipinski definition) is 4. The normalized spacial score (nSPS) is 15.7. The van der Waals surface area contributed by atoms with Gasteiger partial charge in [0, 0.05) is 31.2 Å². The second-order valence-electron chi connectivity index (χ2n) is 5.57. The van der Waals surface area contributed by atoms with Gasteiger partial charge in [-0.1, -0.05) is 11.6 Å². The Hall–Kier alpha value is -2.27. The van der Waals surface area contributed by atoms with Crippen molar-refractivity contribution < 1.29 is 9.53 Å². The van der Waals surface area contributed by atoms with Crippen LogP contribution in [0.25, 0.3) is 0 Å². The molecule has 2 heterocycles. The third-order valence-corrected chi connectivity index (χ3v) is 4.02. The molecule has 2 aromatic rings. The second kappa shape index (κ2) is 6.87. The minimum Gasteiger partial charge on any atom is -0.470 e. The molecule has 3 rings (SSSR count). The second-order valence-corrected chi connectivity index (χ2v) is 6.01. The molecule has 1 aliphatic heterocycles. The molecule has 0 aliphatic carbocycles. The number of anilines is 1. The largest absolute Gasteiger partial charge is 0.470 e. The summed E-state index contributed by atoms with van der Waals surface area (Å²) in [6.07, 6.45) is 3.23. The lowest BCUT2D eigenvalue weighted by Gasteiger charge is -2.44. The van der Waals surface area contributed by atoms with E-state index in [1.165, 1.54) is 6.92 Å². The Morgan fingerprint density at radius 2 is 2.09 bits per heavy atom. The van der Waals surface area contributed by atoms with Crippen molar-refractivity contribution in [2.45, 2.75) is 13.2 Å². The number of pyridine rings is 1. The van der Waals surface area contributed by atoms with Crippen molar-refractivity contribution in [3.63, 3.8) is 0 Å². The van der Waals surface area contributed by atoms with E-state index in [2.05, 4.69) is 15.2 Å². The van der Waals surface area contributed by atoms with E-state index < -0.39 is 0 Å². The molecule has 23 heavy (non-hydrogen) atoms. The van der Waals surface area contributed by atoms with Gasteiger partial charge in [-0.05, 0) is 36.4 Å². The number of benzene rings is 1. The van der Waals surface area contributed by atoms with Crippen LogP contribution >= 0.6 is 11.6 Å². The van der Waals surface area contributed by atoms with Crippen molar-refractivity contribution in [2.75, 3.05) is 18.0 Å². The lowest BCUT2D eigenvalue weighted by atomic mass is 9.97. The van der Waals surface area contributed by atoms with Crippen molar-refractivity contribution in [2.24, 2.45) is 5.92 Å². The summed E-state index contributed by atoms with van der Waals surface area (Å²) in [5.41, 5.74) is 1.08. The van der Waals surface area contributed by atoms with Gasteiger partial charge in [-0.2, -0.15) is 0 Å². The zero-order chi connectivity index (χ0) is 16.2. The van der Waals surface area contributed by atoms with Crippen LogP contribution in [0.3, 0.4) is 0 Å². The standard InChI is InChI=1S/C17H18ClN3O2/c1-12(22)20-17(23-16-6-4-14(18)5-7-16)13-10-21(11-13)15-3-2-8-19-9-15/h2-9,13,17H,10-11H2,1H3,(H,20,22). The number of carbonyl (C=O) groups excluding carboxylic acids is 1. The highest BCUT2D eigenvalue weighted by molar-refractivity contribution is 6.30. The summed E-state index contributed by atoms with van der Waals surface area (Å²) in [7, 11) is 0. The van der Waals surface area contributed by atoms with E-state index in [1.54, 1.807) is 30.5 Å². The topological polar surface area (TPSA) is 54.5 Å². The fraction of sp³-hybridized carbons (Fsp3) is 0.294.